The first-order valence-corrected chi connectivity index (χ1v) is 9.80. The second-order valence-corrected chi connectivity index (χ2v) is 7.77. The summed E-state index contributed by atoms with van der Waals surface area (Å²) in [6, 6.07) is 14.7. The SMILES string of the molecule is CCCOCc1cc2n(c(=O)c1)CC1CC2CN(Cc2ccccc2)C1. The zero-order chi connectivity index (χ0) is 17.9. The Morgan fingerprint density at radius 2 is 1.92 bits per heavy atom. The molecule has 3 heterocycles. The molecule has 2 unspecified atom stereocenters. The highest BCUT2D eigenvalue weighted by atomic mass is 16.5. The summed E-state index contributed by atoms with van der Waals surface area (Å²) in [6.45, 7) is 7.35. The number of benzene rings is 1. The normalized spacial score (nSPS) is 22.2. The summed E-state index contributed by atoms with van der Waals surface area (Å²) in [7, 11) is 0. The van der Waals surface area contributed by atoms with Gasteiger partial charge in [-0.3, -0.25) is 9.69 Å². The highest BCUT2D eigenvalue weighted by molar-refractivity contribution is 5.24. The van der Waals surface area contributed by atoms with Crippen LogP contribution in [0.4, 0.5) is 0 Å². The molecular weight excluding hydrogens is 324 g/mol. The van der Waals surface area contributed by atoms with Crippen LogP contribution in [0.2, 0.25) is 0 Å². The summed E-state index contributed by atoms with van der Waals surface area (Å²) in [5, 5.41) is 0. The maximum absolute atomic E-state index is 12.6. The molecule has 1 aromatic carbocycles. The van der Waals surface area contributed by atoms with E-state index in [1.807, 2.05) is 4.57 Å². The van der Waals surface area contributed by atoms with Gasteiger partial charge in [0, 0.05) is 50.5 Å². The van der Waals surface area contributed by atoms with E-state index in [1.165, 1.54) is 17.7 Å². The van der Waals surface area contributed by atoms with Crippen LogP contribution in [0.5, 0.6) is 0 Å². The molecule has 26 heavy (non-hydrogen) atoms. The Labute approximate surface area is 155 Å². The van der Waals surface area contributed by atoms with Gasteiger partial charge in [0.1, 0.15) is 0 Å². The smallest absolute Gasteiger partial charge is 0.251 e. The van der Waals surface area contributed by atoms with Crippen LogP contribution in [0.15, 0.2) is 47.3 Å². The Bertz CT molecular complexity index is 800. The second kappa shape index (κ2) is 7.77. The number of hydrogen-bond donors (Lipinski definition) is 0. The number of piperidine rings is 1. The monoisotopic (exact) mass is 352 g/mol. The fourth-order valence-corrected chi connectivity index (χ4v) is 4.50. The number of likely N-dealkylation sites (tertiary alicyclic amines) is 1. The van der Waals surface area contributed by atoms with Crippen LogP contribution in [-0.4, -0.2) is 29.2 Å². The van der Waals surface area contributed by atoms with E-state index in [-0.39, 0.29) is 5.56 Å². The number of fused-ring (bicyclic) bond motifs is 4. The first-order chi connectivity index (χ1) is 12.7. The molecule has 2 atom stereocenters. The van der Waals surface area contributed by atoms with Crippen LogP contribution in [0.25, 0.3) is 0 Å². The molecule has 4 rings (SSSR count). The molecule has 0 amide bonds. The van der Waals surface area contributed by atoms with Gasteiger partial charge < -0.3 is 9.30 Å². The maximum atomic E-state index is 12.6. The lowest BCUT2D eigenvalue weighted by molar-refractivity contribution is 0.111. The van der Waals surface area contributed by atoms with Crippen LogP contribution in [-0.2, 0) is 24.4 Å². The van der Waals surface area contributed by atoms with Crippen LogP contribution >= 0.6 is 0 Å². The van der Waals surface area contributed by atoms with Crippen molar-refractivity contribution in [1.29, 1.82) is 0 Å². The van der Waals surface area contributed by atoms with E-state index in [2.05, 4.69) is 48.2 Å². The van der Waals surface area contributed by atoms with Crippen molar-refractivity contribution < 1.29 is 4.74 Å². The van der Waals surface area contributed by atoms with Crippen molar-refractivity contribution in [2.45, 2.75) is 45.4 Å². The van der Waals surface area contributed by atoms with Gasteiger partial charge in [0.2, 0.25) is 0 Å². The molecule has 4 heteroatoms. The molecule has 2 bridgehead atoms. The number of pyridine rings is 1. The Morgan fingerprint density at radius 3 is 2.73 bits per heavy atom. The van der Waals surface area contributed by atoms with E-state index in [9.17, 15) is 4.79 Å². The van der Waals surface area contributed by atoms with Gasteiger partial charge in [-0.15, -0.1) is 0 Å². The van der Waals surface area contributed by atoms with E-state index < -0.39 is 0 Å². The third-order valence-electron chi connectivity index (χ3n) is 5.56. The fraction of sp³-hybridized carbons (Fsp3) is 0.500. The zero-order valence-corrected chi connectivity index (χ0v) is 15.6. The minimum absolute atomic E-state index is 0.142. The average molecular weight is 352 g/mol. The number of ether oxygens (including phenoxy) is 1. The minimum Gasteiger partial charge on any atom is -0.377 e. The lowest BCUT2D eigenvalue weighted by atomic mass is 9.82. The molecule has 0 N–H and O–H groups in total. The predicted octanol–water partition coefficient (Wildman–Crippen LogP) is 3.39. The molecule has 0 saturated carbocycles. The number of nitrogens with zero attached hydrogens (tertiary/aromatic N) is 2. The van der Waals surface area contributed by atoms with E-state index in [0.29, 0.717) is 18.4 Å². The molecular formula is C22H28N2O2. The van der Waals surface area contributed by atoms with Gasteiger partial charge >= 0.3 is 0 Å². The quantitative estimate of drug-likeness (QED) is 0.748. The molecule has 4 nitrogen and oxygen atoms in total. The third-order valence-corrected chi connectivity index (χ3v) is 5.56. The minimum atomic E-state index is 0.142. The van der Waals surface area contributed by atoms with Crippen LogP contribution in [0, 0.1) is 5.92 Å². The Morgan fingerprint density at radius 1 is 1.08 bits per heavy atom. The molecule has 1 fully saturated rings. The maximum Gasteiger partial charge on any atom is 0.251 e. The van der Waals surface area contributed by atoms with Crippen molar-refractivity contribution in [3.63, 3.8) is 0 Å². The molecule has 0 aliphatic carbocycles. The lowest BCUT2D eigenvalue weighted by Gasteiger charge is -2.43. The second-order valence-electron chi connectivity index (χ2n) is 7.77. The molecule has 2 aliphatic heterocycles. The summed E-state index contributed by atoms with van der Waals surface area (Å²) >= 11 is 0. The van der Waals surface area contributed by atoms with Crippen molar-refractivity contribution in [2.24, 2.45) is 5.92 Å². The van der Waals surface area contributed by atoms with Gasteiger partial charge in [-0.25, -0.2) is 0 Å². The first kappa shape index (κ1) is 17.5. The summed E-state index contributed by atoms with van der Waals surface area (Å²) in [5.41, 5.74) is 3.74. The summed E-state index contributed by atoms with van der Waals surface area (Å²) in [4.78, 5) is 15.2. The van der Waals surface area contributed by atoms with E-state index in [4.69, 9.17) is 4.74 Å². The summed E-state index contributed by atoms with van der Waals surface area (Å²) in [5.74, 6) is 1.02. The van der Waals surface area contributed by atoms with E-state index in [1.54, 1.807) is 6.07 Å². The van der Waals surface area contributed by atoms with E-state index in [0.717, 1.165) is 44.8 Å². The van der Waals surface area contributed by atoms with Gasteiger partial charge in [0.25, 0.3) is 5.56 Å². The van der Waals surface area contributed by atoms with Gasteiger partial charge in [-0.05, 0) is 36.0 Å². The summed E-state index contributed by atoms with van der Waals surface area (Å²) < 4.78 is 7.68. The number of rotatable bonds is 6. The molecule has 1 aromatic heterocycles. The zero-order valence-electron chi connectivity index (χ0n) is 15.6. The Hall–Kier alpha value is -1.91. The van der Waals surface area contributed by atoms with Crippen molar-refractivity contribution in [3.8, 4) is 0 Å². The molecule has 2 aliphatic rings. The largest absolute Gasteiger partial charge is 0.377 e. The highest BCUT2D eigenvalue weighted by Gasteiger charge is 2.34. The average Bonchev–Trinajstić information content (AvgIpc) is 2.64. The third kappa shape index (κ3) is 3.76. The lowest BCUT2D eigenvalue weighted by Crippen LogP contribution is -2.46. The molecule has 0 spiro atoms. The van der Waals surface area contributed by atoms with Gasteiger partial charge in [-0.1, -0.05) is 37.3 Å². The van der Waals surface area contributed by atoms with Gasteiger partial charge in [0.15, 0.2) is 0 Å². The van der Waals surface area contributed by atoms with Crippen molar-refractivity contribution in [2.75, 3.05) is 19.7 Å². The van der Waals surface area contributed by atoms with Crippen LogP contribution in [0.3, 0.4) is 0 Å². The first-order valence-electron chi connectivity index (χ1n) is 9.80. The molecule has 138 valence electrons. The molecule has 1 saturated heterocycles. The standard InChI is InChI=1S/C22H28N2O2/c1-2-8-26-16-18-10-21-20-9-19(14-24(21)22(25)11-18)13-23(15-20)12-17-6-4-3-5-7-17/h3-7,10-11,19-20H,2,8-9,12-16H2,1H3. The fourth-order valence-electron chi connectivity index (χ4n) is 4.50. The Kier molecular flexibility index (Phi) is 5.23. The Balaban J connectivity index is 1.53. The topological polar surface area (TPSA) is 34.5 Å². The van der Waals surface area contributed by atoms with Crippen LogP contribution in [0.1, 0.15) is 42.5 Å². The van der Waals surface area contributed by atoms with Crippen LogP contribution < -0.4 is 5.56 Å². The van der Waals surface area contributed by atoms with Gasteiger partial charge in [-0.2, -0.15) is 0 Å². The summed E-state index contributed by atoms with van der Waals surface area (Å²) in [6.07, 6.45) is 2.20. The number of aromatic nitrogens is 1. The molecule has 0 radical (unpaired) electrons. The van der Waals surface area contributed by atoms with Crippen molar-refractivity contribution in [3.05, 3.63) is 69.6 Å². The van der Waals surface area contributed by atoms with E-state index >= 15 is 0 Å². The molecule has 2 aromatic rings. The van der Waals surface area contributed by atoms with Gasteiger partial charge in [0.05, 0.1) is 6.61 Å². The predicted molar refractivity (Wildman–Crippen MR) is 103 cm³/mol. The van der Waals surface area contributed by atoms with Crippen molar-refractivity contribution >= 4 is 0 Å². The van der Waals surface area contributed by atoms with Crippen molar-refractivity contribution in [1.82, 2.24) is 9.47 Å². The number of hydrogen-bond acceptors (Lipinski definition) is 3. The highest BCUT2D eigenvalue weighted by Crippen LogP contribution is 2.36.